The van der Waals surface area contributed by atoms with Gasteiger partial charge < -0.3 is 5.32 Å². The van der Waals surface area contributed by atoms with E-state index in [1.807, 2.05) is 44.2 Å². The van der Waals surface area contributed by atoms with Crippen LogP contribution in [0.1, 0.15) is 38.4 Å². The Hall–Kier alpha value is -3.98. The van der Waals surface area contributed by atoms with E-state index in [0.717, 1.165) is 22.5 Å². The summed E-state index contributed by atoms with van der Waals surface area (Å²) in [5.74, 6) is 1.61. The lowest BCUT2D eigenvalue weighted by atomic mass is 10.1. The summed E-state index contributed by atoms with van der Waals surface area (Å²) in [4.78, 5) is 22.2. The van der Waals surface area contributed by atoms with Gasteiger partial charge in [-0.25, -0.2) is 14.2 Å². The summed E-state index contributed by atoms with van der Waals surface area (Å²) in [6, 6.07) is 19.6. The highest BCUT2D eigenvalue weighted by molar-refractivity contribution is 7.98. The molecule has 0 radical (unpaired) electrons. The van der Waals surface area contributed by atoms with Gasteiger partial charge >= 0.3 is 0 Å². The van der Waals surface area contributed by atoms with Gasteiger partial charge in [0.25, 0.3) is 11.7 Å². The van der Waals surface area contributed by atoms with E-state index < -0.39 is 0 Å². The standard InChI is InChI=1S/C26H25N7OS/c1-17-8-10-20(11-9-17)15-32-23(12-13-27-32)29-24(34)22-7-5-4-6-21(22)16-35-26-30-25-28-18(2)14-19(3)33(25)31-26/h4-14H,15-16H2,1-3H3,(H,29,34). The lowest BCUT2D eigenvalue weighted by Crippen LogP contribution is -2.17. The van der Waals surface area contributed by atoms with Crippen LogP contribution in [0.25, 0.3) is 5.78 Å². The minimum absolute atomic E-state index is 0.178. The maximum Gasteiger partial charge on any atom is 0.257 e. The highest BCUT2D eigenvalue weighted by atomic mass is 32.2. The molecule has 2 aromatic carbocycles. The molecule has 0 saturated heterocycles. The SMILES string of the molecule is Cc1ccc(Cn2nccc2NC(=O)c2ccccc2CSc2nc3nc(C)cc(C)n3n2)cc1. The van der Waals surface area contributed by atoms with Crippen LogP contribution in [0.15, 0.2) is 72.0 Å². The van der Waals surface area contributed by atoms with E-state index in [1.54, 1.807) is 21.5 Å². The van der Waals surface area contributed by atoms with E-state index in [1.165, 1.54) is 17.3 Å². The van der Waals surface area contributed by atoms with E-state index >= 15 is 0 Å². The van der Waals surface area contributed by atoms with Gasteiger partial charge in [-0.15, -0.1) is 5.10 Å². The van der Waals surface area contributed by atoms with Gasteiger partial charge in [-0.2, -0.15) is 10.1 Å². The molecule has 0 atom stereocenters. The molecule has 0 aliphatic rings. The van der Waals surface area contributed by atoms with Crippen molar-refractivity contribution in [1.29, 1.82) is 0 Å². The molecule has 0 saturated carbocycles. The first kappa shape index (κ1) is 22.8. The fourth-order valence-corrected chi connectivity index (χ4v) is 4.66. The van der Waals surface area contributed by atoms with Crippen molar-refractivity contribution in [2.24, 2.45) is 0 Å². The van der Waals surface area contributed by atoms with Crippen molar-refractivity contribution in [3.05, 3.63) is 101 Å². The molecule has 35 heavy (non-hydrogen) atoms. The highest BCUT2D eigenvalue weighted by Crippen LogP contribution is 2.23. The second-order valence-corrected chi connectivity index (χ2v) is 9.35. The first-order chi connectivity index (χ1) is 17.0. The van der Waals surface area contributed by atoms with Crippen LogP contribution in [-0.2, 0) is 12.3 Å². The molecule has 3 aromatic heterocycles. The van der Waals surface area contributed by atoms with E-state index in [9.17, 15) is 4.79 Å². The average molecular weight is 484 g/mol. The molecule has 0 unspecified atom stereocenters. The van der Waals surface area contributed by atoms with Crippen LogP contribution >= 0.6 is 11.8 Å². The molecular weight excluding hydrogens is 458 g/mol. The Morgan fingerprint density at radius 3 is 2.63 bits per heavy atom. The number of aryl methyl sites for hydroxylation is 3. The van der Waals surface area contributed by atoms with Crippen molar-refractivity contribution in [3.8, 4) is 0 Å². The van der Waals surface area contributed by atoms with Gasteiger partial charge in [0, 0.05) is 28.8 Å². The van der Waals surface area contributed by atoms with E-state index in [0.29, 0.717) is 34.6 Å². The molecule has 5 rings (SSSR count). The predicted octanol–water partition coefficient (Wildman–Crippen LogP) is 4.84. The molecule has 9 heteroatoms. The maximum atomic E-state index is 13.2. The van der Waals surface area contributed by atoms with Gasteiger partial charge in [0.05, 0.1) is 12.7 Å². The number of aromatic nitrogens is 6. The molecule has 0 fully saturated rings. The third-order valence-electron chi connectivity index (χ3n) is 5.63. The topological polar surface area (TPSA) is 90.0 Å². The van der Waals surface area contributed by atoms with Gasteiger partial charge in [0.2, 0.25) is 5.16 Å². The average Bonchev–Trinajstić information content (AvgIpc) is 3.46. The van der Waals surface area contributed by atoms with Crippen molar-refractivity contribution < 1.29 is 4.79 Å². The Labute approximate surface area is 207 Å². The Bertz CT molecular complexity index is 1500. The number of nitrogens with one attached hydrogen (secondary N) is 1. The molecule has 0 spiro atoms. The zero-order valence-corrected chi connectivity index (χ0v) is 20.6. The maximum absolute atomic E-state index is 13.2. The molecular formula is C26H25N7OS. The monoisotopic (exact) mass is 483 g/mol. The summed E-state index contributed by atoms with van der Waals surface area (Å²) >= 11 is 1.48. The van der Waals surface area contributed by atoms with Gasteiger partial charge in [-0.1, -0.05) is 59.8 Å². The molecule has 8 nitrogen and oxygen atoms in total. The van der Waals surface area contributed by atoms with Crippen LogP contribution in [0.4, 0.5) is 5.82 Å². The minimum Gasteiger partial charge on any atom is -0.307 e. The molecule has 1 N–H and O–H groups in total. The number of fused-ring (bicyclic) bond motifs is 1. The molecule has 3 heterocycles. The molecule has 0 aliphatic heterocycles. The van der Waals surface area contributed by atoms with Gasteiger partial charge in [0.15, 0.2) is 0 Å². The fourth-order valence-electron chi connectivity index (χ4n) is 3.83. The normalized spacial score (nSPS) is 11.2. The molecule has 1 amide bonds. The number of hydrogen-bond acceptors (Lipinski definition) is 6. The Kier molecular flexibility index (Phi) is 6.33. The fraction of sp³-hybridized carbons (Fsp3) is 0.192. The van der Waals surface area contributed by atoms with Crippen molar-refractivity contribution in [1.82, 2.24) is 29.4 Å². The van der Waals surface area contributed by atoms with E-state index in [2.05, 4.69) is 56.7 Å². The van der Waals surface area contributed by atoms with Gasteiger partial charge in [-0.05, 0) is 44.0 Å². The van der Waals surface area contributed by atoms with Crippen molar-refractivity contribution >= 4 is 29.3 Å². The third kappa shape index (κ3) is 5.09. The first-order valence-electron chi connectivity index (χ1n) is 11.3. The lowest BCUT2D eigenvalue weighted by molar-refractivity contribution is 0.102. The first-order valence-corrected chi connectivity index (χ1v) is 12.3. The van der Waals surface area contributed by atoms with Gasteiger partial charge in [0.1, 0.15) is 5.82 Å². The largest absolute Gasteiger partial charge is 0.307 e. The number of rotatable bonds is 7. The minimum atomic E-state index is -0.178. The zero-order valence-electron chi connectivity index (χ0n) is 19.8. The number of thioether (sulfide) groups is 1. The number of benzene rings is 2. The molecule has 5 aromatic rings. The quantitative estimate of drug-likeness (QED) is 0.333. The molecule has 176 valence electrons. The zero-order chi connectivity index (χ0) is 24.4. The summed E-state index contributed by atoms with van der Waals surface area (Å²) in [5.41, 5.74) is 5.72. The summed E-state index contributed by atoms with van der Waals surface area (Å²) in [6.45, 7) is 6.56. The van der Waals surface area contributed by atoms with Gasteiger partial charge in [-0.3, -0.25) is 4.79 Å². The number of amides is 1. The molecule has 0 aliphatic carbocycles. The summed E-state index contributed by atoms with van der Waals surface area (Å²) in [7, 11) is 0. The second-order valence-electron chi connectivity index (χ2n) is 8.40. The van der Waals surface area contributed by atoms with Crippen LogP contribution in [0.2, 0.25) is 0 Å². The van der Waals surface area contributed by atoms with Crippen LogP contribution in [0, 0.1) is 20.8 Å². The summed E-state index contributed by atoms with van der Waals surface area (Å²) in [5, 5.41) is 12.6. The highest BCUT2D eigenvalue weighted by Gasteiger charge is 2.15. The summed E-state index contributed by atoms with van der Waals surface area (Å²) < 4.78 is 3.53. The van der Waals surface area contributed by atoms with Crippen molar-refractivity contribution in [2.75, 3.05) is 5.32 Å². The van der Waals surface area contributed by atoms with E-state index in [4.69, 9.17) is 0 Å². The van der Waals surface area contributed by atoms with Crippen LogP contribution in [0.5, 0.6) is 0 Å². The van der Waals surface area contributed by atoms with Crippen LogP contribution < -0.4 is 5.32 Å². The third-order valence-corrected chi connectivity index (χ3v) is 6.52. The number of carbonyl (C=O) groups excluding carboxylic acids is 1. The number of nitrogens with zero attached hydrogens (tertiary/aromatic N) is 6. The van der Waals surface area contributed by atoms with E-state index in [-0.39, 0.29) is 5.91 Å². The lowest BCUT2D eigenvalue weighted by Gasteiger charge is -2.12. The predicted molar refractivity (Wildman–Crippen MR) is 137 cm³/mol. The van der Waals surface area contributed by atoms with Crippen molar-refractivity contribution in [3.63, 3.8) is 0 Å². The second kappa shape index (κ2) is 9.71. The number of hydrogen-bond donors (Lipinski definition) is 1. The molecule has 0 bridgehead atoms. The summed E-state index contributed by atoms with van der Waals surface area (Å²) in [6.07, 6.45) is 1.69. The Morgan fingerprint density at radius 1 is 1.00 bits per heavy atom. The number of carbonyl (C=O) groups is 1. The Morgan fingerprint density at radius 2 is 1.80 bits per heavy atom. The number of anilines is 1. The van der Waals surface area contributed by atoms with Crippen LogP contribution in [0.3, 0.4) is 0 Å². The van der Waals surface area contributed by atoms with Crippen LogP contribution in [-0.4, -0.2) is 35.3 Å². The smallest absolute Gasteiger partial charge is 0.257 e. The Balaban J connectivity index is 1.31. The van der Waals surface area contributed by atoms with Crippen molar-refractivity contribution in [2.45, 2.75) is 38.2 Å².